The Morgan fingerprint density at radius 3 is 2.64 bits per heavy atom. The fourth-order valence-corrected chi connectivity index (χ4v) is 3.23. The Morgan fingerprint density at radius 2 is 1.96 bits per heavy atom. The van der Waals surface area contributed by atoms with Gasteiger partial charge in [-0.2, -0.15) is 0 Å². The second-order valence-corrected chi connectivity index (χ2v) is 6.49. The summed E-state index contributed by atoms with van der Waals surface area (Å²) in [5, 5.41) is 2.69. The molecule has 3 rings (SSSR count). The number of amides is 3. The van der Waals surface area contributed by atoms with Crippen molar-refractivity contribution in [3.8, 4) is 5.75 Å². The quantitative estimate of drug-likeness (QED) is 0.905. The molecule has 2 aliphatic heterocycles. The first-order valence-corrected chi connectivity index (χ1v) is 8.63. The van der Waals surface area contributed by atoms with Crippen molar-refractivity contribution in [1.82, 2.24) is 4.90 Å². The molecule has 1 unspecified atom stereocenters. The van der Waals surface area contributed by atoms with E-state index < -0.39 is 6.10 Å². The average Bonchev–Trinajstić information content (AvgIpc) is 2.59. The van der Waals surface area contributed by atoms with Crippen LogP contribution in [0.25, 0.3) is 0 Å². The maximum Gasteiger partial charge on any atom is 0.268 e. The molecule has 7 heteroatoms. The molecule has 2 aliphatic rings. The van der Waals surface area contributed by atoms with Gasteiger partial charge in [-0.3, -0.25) is 19.3 Å². The third-order valence-electron chi connectivity index (χ3n) is 4.49. The molecule has 1 N–H and O–H groups in total. The fraction of sp³-hybridized carbons (Fsp3) is 0.500. The number of nitrogens with zero attached hydrogens (tertiary/aromatic N) is 2. The highest BCUT2D eigenvalue weighted by Crippen LogP contribution is 2.36. The maximum atomic E-state index is 12.6. The molecule has 7 nitrogen and oxygen atoms in total. The zero-order chi connectivity index (χ0) is 18.0. The number of rotatable bonds is 3. The van der Waals surface area contributed by atoms with Crippen molar-refractivity contribution >= 4 is 29.1 Å². The van der Waals surface area contributed by atoms with E-state index in [2.05, 4.69) is 5.32 Å². The van der Waals surface area contributed by atoms with E-state index in [0.717, 1.165) is 32.4 Å². The molecule has 0 radical (unpaired) electrons. The molecule has 0 saturated carbocycles. The molecule has 0 bridgehead atoms. The van der Waals surface area contributed by atoms with E-state index in [4.69, 9.17) is 4.74 Å². The Kier molecular flexibility index (Phi) is 4.92. The van der Waals surface area contributed by atoms with Gasteiger partial charge in [-0.15, -0.1) is 0 Å². The summed E-state index contributed by atoms with van der Waals surface area (Å²) in [4.78, 5) is 39.8. The molecule has 1 saturated heterocycles. The predicted octanol–water partition coefficient (Wildman–Crippen LogP) is 1.77. The maximum absolute atomic E-state index is 12.6. The van der Waals surface area contributed by atoms with Crippen LogP contribution >= 0.6 is 0 Å². The Morgan fingerprint density at radius 1 is 1.24 bits per heavy atom. The molecule has 1 aromatic carbocycles. The van der Waals surface area contributed by atoms with Gasteiger partial charge in [0.1, 0.15) is 12.3 Å². The van der Waals surface area contributed by atoms with Gasteiger partial charge in [-0.1, -0.05) is 0 Å². The summed E-state index contributed by atoms with van der Waals surface area (Å²) < 4.78 is 5.63. The van der Waals surface area contributed by atoms with Crippen LogP contribution in [0, 0.1) is 0 Å². The average molecular weight is 345 g/mol. The van der Waals surface area contributed by atoms with Crippen molar-refractivity contribution in [3.63, 3.8) is 0 Å². The monoisotopic (exact) mass is 345 g/mol. The lowest BCUT2D eigenvalue weighted by atomic mass is 10.1. The number of hydrogen-bond donors (Lipinski definition) is 1. The van der Waals surface area contributed by atoms with Crippen LogP contribution in [0.5, 0.6) is 5.75 Å². The van der Waals surface area contributed by atoms with E-state index in [1.807, 2.05) is 4.90 Å². The summed E-state index contributed by atoms with van der Waals surface area (Å²) in [5.41, 5.74) is 1.08. The van der Waals surface area contributed by atoms with Gasteiger partial charge in [-0.05, 0) is 44.4 Å². The minimum atomic E-state index is -0.645. The number of fused-ring (bicyclic) bond motifs is 1. The van der Waals surface area contributed by atoms with Crippen molar-refractivity contribution in [3.05, 3.63) is 18.2 Å². The number of nitrogens with one attached hydrogen (secondary N) is 1. The van der Waals surface area contributed by atoms with Crippen LogP contribution in [-0.2, 0) is 14.4 Å². The Balaban J connectivity index is 1.85. The van der Waals surface area contributed by atoms with Crippen LogP contribution in [0.3, 0.4) is 0 Å². The van der Waals surface area contributed by atoms with Gasteiger partial charge >= 0.3 is 0 Å². The first-order valence-electron chi connectivity index (χ1n) is 8.63. The normalized spacial score (nSPS) is 19.9. The summed E-state index contributed by atoms with van der Waals surface area (Å²) >= 11 is 0. The SMILES string of the molecule is CC(=O)Nc1ccc2c(c1)N(CC(=O)N1CCCCC1)C(=O)C(C)O2. The number of anilines is 2. The molecule has 1 aromatic rings. The van der Waals surface area contributed by atoms with Gasteiger partial charge in [0.05, 0.1) is 5.69 Å². The molecule has 1 atom stereocenters. The van der Waals surface area contributed by atoms with Gasteiger partial charge in [0.25, 0.3) is 5.91 Å². The zero-order valence-corrected chi connectivity index (χ0v) is 14.6. The van der Waals surface area contributed by atoms with E-state index in [9.17, 15) is 14.4 Å². The largest absolute Gasteiger partial charge is 0.479 e. The standard InChI is InChI=1S/C18H23N3O4/c1-12-18(24)21(11-17(23)20-8-4-3-5-9-20)15-10-14(19-13(2)22)6-7-16(15)25-12/h6-7,10,12H,3-5,8-9,11H2,1-2H3,(H,19,22). The van der Waals surface area contributed by atoms with E-state index in [0.29, 0.717) is 17.1 Å². The molecular formula is C18H23N3O4. The van der Waals surface area contributed by atoms with Crippen LogP contribution in [-0.4, -0.2) is 48.4 Å². The lowest BCUT2D eigenvalue weighted by Crippen LogP contribution is -2.50. The number of benzene rings is 1. The number of carbonyl (C=O) groups excluding carboxylic acids is 3. The predicted molar refractivity (Wildman–Crippen MR) is 93.6 cm³/mol. The number of hydrogen-bond acceptors (Lipinski definition) is 4. The summed E-state index contributed by atoms with van der Waals surface area (Å²) in [6, 6.07) is 5.10. The van der Waals surface area contributed by atoms with E-state index >= 15 is 0 Å². The lowest BCUT2D eigenvalue weighted by Gasteiger charge is -2.35. The van der Waals surface area contributed by atoms with Gasteiger partial charge in [0, 0.05) is 25.7 Å². The molecule has 25 heavy (non-hydrogen) atoms. The molecule has 2 heterocycles. The van der Waals surface area contributed by atoms with E-state index in [1.54, 1.807) is 25.1 Å². The first kappa shape index (κ1) is 17.3. The summed E-state index contributed by atoms with van der Waals surface area (Å²) in [5.74, 6) is 0.0239. The topological polar surface area (TPSA) is 79.0 Å². The smallest absolute Gasteiger partial charge is 0.268 e. The second kappa shape index (κ2) is 7.13. The molecule has 0 aliphatic carbocycles. The molecular weight excluding hydrogens is 322 g/mol. The Hall–Kier alpha value is -2.57. The van der Waals surface area contributed by atoms with Crippen molar-refractivity contribution in [2.75, 3.05) is 29.9 Å². The third-order valence-corrected chi connectivity index (χ3v) is 4.49. The minimum absolute atomic E-state index is 0.0109. The van der Waals surface area contributed by atoms with E-state index in [-0.39, 0.29) is 24.3 Å². The molecule has 134 valence electrons. The fourth-order valence-electron chi connectivity index (χ4n) is 3.23. The van der Waals surface area contributed by atoms with E-state index in [1.165, 1.54) is 11.8 Å². The van der Waals surface area contributed by atoms with Gasteiger partial charge < -0.3 is 15.0 Å². The van der Waals surface area contributed by atoms with Crippen LogP contribution in [0.1, 0.15) is 33.1 Å². The number of ether oxygens (including phenoxy) is 1. The molecule has 1 fully saturated rings. The summed E-state index contributed by atoms with van der Waals surface area (Å²) in [6.45, 7) is 4.56. The van der Waals surface area contributed by atoms with Gasteiger partial charge in [0.2, 0.25) is 11.8 Å². The minimum Gasteiger partial charge on any atom is -0.479 e. The summed E-state index contributed by atoms with van der Waals surface area (Å²) in [7, 11) is 0. The van der Waals surface area contributed by atoms with Crippen molar-refractivity contribution in [1.29, 1.82) is 0 Å². The molecule has 3 amide bonds. The zero-order valence-electron chi connectivity index (χ0n) is 14.6. The highest BCUT2D eigenvalue weighted by molar-refractivity contribution is 6.04. The Bertz CT molecular complexity index is 698. The van der Waals surface area contributed by atoms with Crippen molar-refractivity contribution in [2.24, 2.45) is 0 Å². The molecule has 0 aromatic heterocycles. The highest BCUT2D eigenvalue weighted by atomic mass is 16.5. The number of carbonyl (C=O) groups is 3. The number of piperidine rings is 1. The third kappa shape index (κ3) is 3.75. The summed E-state index contributed by atoms with van der Waals surface area (Å²) in [6.07, 6.45) is 2.50. The van der Waals surface area contributed by atoms with Gasteiger partial charge in [-0.25, -0.2) is 0 Å². The second-order valence-electron chi connectivity index (χ2n) is 6.49. The van der Waals surface area contributed by atoms with Crippen molar-refractivity contribution in [2.45, 2.75) is 39.2 Å². The highest BCUT2D eigenvalue weighted by Gasteiger charge is 2.34. The Labute approximate surface area is 146 Å². The van der Waals surface area contributed by atoms with Crippen molar-refractivity contribution < 1.29 is 19.1 Å². The van der Waals surface area contributed by atoms with Crippen LogP contribution in [0.2, 0.25) is 0 Å². The van der Waals surface area contributed by atoms with Crippen LogP contribution in [0.15, 0.2) is 18.2 Å². The van der Waals surface area contributed by atoms with Gasteiger partial charge in [0.15, 0.2) is 6.10 Å². The van der Waals surface area contributed by atoms with Crippen LogP contribution in [0.4, 0.5) is 11.4 Å². The lowest BCUT2D eigenvalue weighted by molar-refractivity contribution is -0.133. The molecule has 0 spiro atoms. The number of likely N-dealkylation sites (tertiary alicyclic amines) is 1. The first-order chi connectivity index (χ1) is 12.0. The van der Waals surface area contributed by atoms with Crippen LogP contribution < -0.4 is 15.0 Å².